The van der Waals surface area contributed by atoms with Crippen LogP contribution in [0.15, 0.2) is 72.8 Å². The van der Waals surface area contributed by atoms with E-state index >= 15 is 0 Å². The van der Waals surface area contributed by atoms with Crippen molar-refractivity contribution in [3.8, 4) is 0 Å². The third-order valence-corrected chi connectivity index (χ3v) is 6.46. The number of carbonyl (C=O) groups excluding carboxylic acids is 2. The Bertz CT molecular complexity index is 1130. The number of rotatable bonds is 10. The van der Waals surface area contributed by atoms with Crippen LogP contribution in [0, 0.1) is 19.7 Å². The molecule has 0 aliphatic heterocycles. The average Bonchev–Trinajstić information content (AvgIpc) is 2.85. The topological polar surface area (TPSA) is 49.4 Å². The van der Waals surface area contributed by atoms with Crippen LogP contribution in [0.2, 0.25) is 0 Å². The first kappa shape index (κ1) is 26.1. The lowest BCUT2D eigenvalue weighted by Crippen LogP contribution is -2.52. The second-order valence-electron chi connectivity index (χ2n) is 9.27. The predicted octanol–water partition coefficient (Wildman–Crippen LogP) is 5.54. The fourth-order valence-corrected chi connectivity index (χ4v) is 3.97. The van der Waals surface area contributed by atoms with Crippen LogP contribution in [0.1, 0.15) is 48.1 Å². The van der Waals surface area contributed by atoms with Crippen LogP contribution in [0.25, 0.3) is 0 Å². The zero-order valence-electron chi connectivity index (χ0n) is 21.1. The molecule has 0 aromatic heterocycles. The summed E-state index contributed by atoms with van der Waals surface area (Å²) in [6, 6.07) is 21.1. The SMILES string of the molecule is CC[C@H](C)NC(=O)[C@@H](Cc1ccccc1)N(Cc1ccc(F)cc1)C(=O)Cc1ccc(C)c(C)c1. The van der Waals surface area contributed by atoms with Gasteiger partial charge < -0.3 is 10.2 Å². The summed E-state index contributed by atoms with van der Waals surface area (Å²) in [6.07, 6.45) is 1.37. The van der Waals surface area contributed by atoms with E-state index in [0.29, 0.717) is 6.42 Å². The molecule has 3 aromatic rings. The second kappa shape index (κ2) is 12.3. The molecule has 0 radical (unpaired) electrons. The number of amides is 2. The highest BCUT2D eigenvalue weighted by Crippen LogP contribution is 2.18. The molecule has 2 amide bonds. The second-order valence-corrected chi connectivity index (χ2v) is 9.27. The average molecular weight is 475 g/mol. The minimum absolute atomic E-state index is 0.0108. The molecule has 2 atom stereocenters. The number of halogens is 1. The van der Waals surface area contributed by atoms with E-state index in [2.05, 4.69) is 5.32 Å². The molecule has 0 spiro atoms. The van der Waals surface area contributed by atoms with Gasteiger partial charge >= 0.3 is 0 Å². The molecule has 0 heterocycles. The molecule has 0 fully saturated rings. The first-order valence-electron chi connectivity index (χ1n) is 12.2. The quantitative estimate of drug-likeness (QED) is 0.419. The predicted molar refractivity (Wildman–Crippen MR) is 138 cm³/mol. The van der Waals surface area contributed by atoms with Crippen molar-refractivity contribution in [3.05, 3.63) is 106 Å². The van der Waals surface area contributed by atoms with Gasteiger partial charge in [-0.25, -0.2) is 4.39 Å². The third-order valence-electron chi connectivity index (χ3n) is 6.46. The van der Waals surface area contributed by atoms with Gasteiger partial charge in [-0.15, -0.1) is 0 Å². The molecular formula is C30H35FN2O2. The van der Waals surface area contributed by atoms with Gasteiger partial charge in [0, 0.05) is 19.0 Å². The van der Waals surface area contributed by atoms with E-state index in [9.17, 15) is 14.0 Å². The molecule has 4 nitrogen and oxygen atoms in total. The van der Waals surface area contributed by atoms with Crippen molar-refractivity contribution in [2.24, 2.45) is 0 Å². The summed E-state index contributed by atoms with van der Waals surface area (Å²) in [4.78, 5) is 28.9. The number of hydrogen-bond donors (Lipinski definition) is 1. The maximum atomic E-state index is 13.7. The molecule has 184 valence electrons. The molecule has 5 heteroatoms. The molecule has 1 N–H and O–H groups in total. The Kier molecular flexibility index (Phi) is 9.18. The molecule has 0 saturated heterocycles. The Morgan fingerprint density at radius 2 is 1.54 bits per heavy atom. The minimum atomic E-state index is -0.699. The van der Waals surface area contributed by atoms with E-state index in [1.165, 1.54) is 17.7 Å². The van der Waals surface area contributed by atoms with Crippen molar-refractivity contribution >= 4 is 11.8 Å². The lowest BCUT2D eigenvalue weighted by molar-refractivity contribution is -0.141. The summed E-state index contributed by atoms with van der Waals surface area (Å²) in [5, 5.41) is 3.07. The van der Waals surface area contributed by atoms with Crippen molar-refractivity contribution in [1.29, 1.82) is 0 Å². The van der Waals surface area contributed by atoms with E-state index in [1.54, 1.807) is 17.0 Å². The molecule has 0 unspecified atom stereocenters. The number of hydrogen-bond acceptors (Lipinski definition) is 2. The summed E-state index contributed by atoms with van der Waals surface area (Å²) in [5.74, 6) is -0.659. The van der Waals surface area contributed by atoms with Gasteiger partial charge in [0.1, 0.15) is 11.9 Å². The number of nitrogens with one attached hydrogen (secondary N) is 1. The van der Waals surface area contributed by atoms with Gasteiger partial charge in [-0.05, 0) is 67.1 Å². The molecule has 0 bridgehead atoms. The van der Waals surface area contributed by atoms with Gasteiger partial charge in [0.05, 0.1) is 6.42 Å². The highest BCUT2D eigenvalue weighted by atomic mass is 19.1. The zero-order valence-corrected chi connectivity index (χ0v) is 21.1. The summed E-state index contributed by atoms with van der Waals surface area (Å²) in [7, 11) is 0. The molecule has 3 aromatic carbocycles. The maximum Gasteiger partial charge on any atom is 0.243 e. The minimum Gasteiger partial charge on any atom is -0.352 e. The summed E-state index contributed by atoms with van der Waals surface area (Å²) in [6.45, 7) is 8.25. The van der Waals surface area contributed by atoms with E-state index in [1.807, 2.05) is 76.2 Å². The largest absolute Gasteiger partial charge is 0.352 e. The van der Waals surface area contributed by atoms with Crippen molar-refractivity contribution < 1.29 is 14.0 Å². The van der Waals surface area contributed by atoms with E-state index < -0.39 is 6.04 Å². The first-order valence-corrected chi connectivity index (χ1v) is 12.2. The number of benzene rings is 3. The van der Waals surface area contributed by atoms with E-state index in [-0.39, 0.29) is 36.6 Å². The highest BCUT2D eigenvalue weighted by molar-refractivity contribution is 5.89. The van der Waals surface area contributed by atoms with Gasteiger partial charge in [-0.2, -0.15) is 0 Å². The van der Waals surface area contributed by atoms with Crippen LogP contribution >= 0.6 is 0 Å². The van der Waals surface area contributed by atoms with Crippen LogP contribution in [-0.4, -0.2) is 28.8 Å². The Morgan fingerprint density at radius 3 is 2.17 bits per heavy atom. The Labute approximate surface area is 208 Å². The van der Waals surface area contributed by atoms with Gasteiger partial charge in [-0.3, -0.25) is 9.59 Å². The van der Waals surface area contributed by atoms with Crippen LogP contribution in [0.5, 0.6) is 0 Å². The molecule has 0 saturated carbocycles. The Hall–Kier alpha value is -3.47. The molecular weight excluding hydrogens is 439 g/mol. The van der Waals surface area contributed by atoms with Crippen LogP contribution in [0.4, 0.5) is 4.39 Å². The molecule has 35 heavy (non-hydrogen) atoms. The standard InChI is InChI=1S/C30H35FN2O2/c1-5-23(4)32-30(35)28(18-24-9-7-6-8-10-24)33(20-25-13-15-27(31)16-14-25)29(34)19-26-12-11-21(2)22(3)17-26/h6-17,23,28H,5,18-20H2,1-4H3,(H,32,35)/t23-,28+/m0/s1. The highest BCUT2D eigenvalue weighted by Gasteiger charge is 2.31. The molecule has 0 aliphatic carbocycles. The summed E-state index contributed by atoms with van der Waals surface area (Å²) >= 11 is 0. The van der Waals surface area contributed by atoms with Gasteiger partial charge in [0.2, 0.25) is 11.8 Å². The Morgan fingerprint density at radius 1 is 0.886 bits per heavy atom. The van der Waals surface area contributed by atoms with Gasteiger partial charge in [0.25, 0.3) is 0 Å². The maximum absolute atomic E-state index is 13.7. The van der Waals surface area contributed by atoms with Crippen molar-refractivity contribution in [1.82, 2.24) is 10.2 Å². The smallest absolute Gasteiger partial charge is 0.243 e. The summed E-state index contributed by atoms with van der Waals surface area (Å²) in [5.41, 5.74) is 4.94. The fourth-order valence-electron chi connectivity index (χ4n) is 3.97. The number of aryl methyl sites for hydroxylation is 2. The van der Waals surface area contributed by atoms with Crippen molar-refractivity contribution in [2.45, 2.75) is 65.6 Å². The van der Waals surface area contributed by atoms with Crippen LogP contribution in [-0.2, 0) is 29.0 Å². The fraction of sp³-hybridized carbons (Fsp3) is 0.333. The van der Waals surface area contributed by atoms with E-state index in [0.717, 1.165) is 28.7 Å². The number of nitrogens with zero attached hydrogens (tertiary/aromatic N) is 1. The van der Waals surface area contributed by atoms with Gasteiger partial charge in [-0.1, -0.05) is 67.6 Å². The van der Waals surface area contributed by atoms with Crippen molar-refractivity contribution in [2.75, 3.05) is 0 Å². The van der Waals surface area contributed by atoms with Crippen molar-refractivity contribution in [3.63, 3.8) is 0 Å². The lowest BCUT2D eigenvalue weighted by atomic mass is 10.00. The molecule has 0 aliphatic rings. The zero-order chi connectivity index (χ0) is 25.4. The summed E-state index contributed by atoms with van der Waals surface area (Å²) < 4.78 is 13.6. The monoisotopic (exact) mass is 474 g/mol. The lowest BCUT2D eigenvalue weighted by Gasteiger charge is -2.32. The Balaban J connectivity index is 1.97. The first-order chi connectivity index (χ1) is 16.8. The number of carbonyl (C=O) groups is 2. The normalized spacial score (nSPS) is 12.6. The molecule has 3 rings (SSSR count). The van der Waals surface area contributed by atoms with Gasteiger partial charge in [0.15, 0.2) is 0 Å². The third kappa shape index (κ3) is 7.51. The van der Waals surface area contributed by atoms with E-state index in [4.69, 9.17) is 0 Å². The van der Waals surface area contributed by atoms with Crippen LogP contribution in [0.3, 0.4) is 0 Å². The van der Waals surface area contributed by atoms with Crippen LogP contribution < -0.4 is 5.32 Å².